The molecule has 0 aliphatic rings. The minimum absolute atomic E-state index is 0. The van der Waals surface area contributed by atoms with Crippen LogP contribution in [-0.4, -0.2) is 18.7 Å². The van der Waals surface area contributed by atoms with E-state index in [1.165, 1.54) is 18.2 Å². The average molecular weight is 345 g/mol. The lowest BCUT2D eigenvalue weighted by Crippen LogP contribution is -2.32. The van der Waals surface area contributed by atoms with Gasteiger partial charge in [-0.05, 0) is 28.9 Å². The number of ether oxygens (including phenoxy) is 1. The van der Waals surface area contributed by atoms with Crippen molar-refractivity contribution in [3.05, 3.63) is 34.1 Å². The fourth-order valence-electron chi connectivity index (χ4n) is 1.30. The highest BCUT2D eigenvalue weighted by atomic mass is 79.9. The van der Waals surface area contributed by atoms with E-state index in [1.807, 2.05) is 0 Å². The maximum absolute atomic E-state index is 13.6. The Labute approximate surface area is 118 Å². The molecule has 0 heterocycles. The van der Waals surface area contributed by atoms with Crippen molar-refractivity contribution in [2.45, 2.75) is 19.1 Å². The van der Waals surface area contributed by atoms with E-state index < -0.39 is 24.0 Å². The van der Waals surface area contributed by atoms with Gasteiger partial charge in [0.25, 0.3) is 0 Å². The van der Waals surface area contributed by atoms with E-state index in [0.29, 0.717) is 0 Å². The summed E-state index contributed by atoms with van der Waals surface area (Å²) in [7, 11) is 0. The van der Waals surface area contributed by atoms with Crippen LogP contribution >= 0.6 is 28.3 Å². The van der Waals surface area contributed by atoms with Crippen molar-refractivity contribution >= 4 is 34.3 Å². The van der Waals surface area contributed by atoms with E-state index >= 15 is 0 Å². The second-order valence-corrected chi connectivity index (χ2v) is 4.18. The normalized spacial score (nSPS) is 13.4. The number of rotatable bonds is 4. The molecule has 1 aromatic carbocycles. The molecule has 18 heavy (non-hydrogen) atoms. The highest BCUT2D eigenvalue weighted by Gasteiger charge is 2.29. The molecule has 2 N–H and O–H groups in total. The smallest absolute Gasteiger partial charge is 0.342 e. The molecule has 1 rings (SSSR count). The second-order valence-electron chi connectivity index (χ2n) is 3.32. The minimum Gasteiger partial charge on any atom is -0.464 e. The Kier molecular flexibility index (Phi) is 7.35. The highest BCUT2D eigenvalue weighted by molar-refractivity contribution is 9.10. The lowest BCUT2D eigenvalue weighted by molar-refractivity contribution is -0.149. The lowest BCUT2D eigenvalue weighted by Gasteiger charge is -2.16. The van der Waals surface area contributed by atoms with Crippen molar-refractivity contribution in [1.29, 1.82) is 0 Å². The maximum Gasteiger partial charge on any atom is 0.342 e. The molecule has 7 heteroatoms. The monoisotopic (exact) mass is 343 g/mol. The SMILES string of the molecule is CCOC(=O)C(F)[C@@H](N)c1cccc(Br)c1F.Cl. The Hall–Kier alpha value is -0.720. The van der Waals surface area contributed by atoms with Gasteiger partial charge >= 0.3 is 5.97 Å². The molecule has 0 saturated carbocycles. The predicted molar refractivity (Wildman–Crippen MR) is 69.8 cm³/mol. The number of hydrogen-bond donors (Lipinski definition) is 1. The first-order valence-electron chi connectivity index (χ1n) is 4.99. The zero-order valence-electron chi connectivity index (χ0n) is 9.53. The summed E-state index contributed by atoms with van der Waals surface area (Å²) in [4.78, 5) is 11.1. The van der Waals surface area contributed by atoms with Crippen molar-refractivity contribution in [2.75, 3.05) is 6.61 Å². The van der Waals surface area contributed by atoms with Crippen LogP contribution in [0.2, 0.25) is 0 Å². The largest absolute Gasteiger partial charge is 0.464 e. The first-order valence-corrected chi connectivity index (χ1v) is 5.78. The zero-order chi connectivity index (χ0) is 13.0. The zero-order valence-corrected chi connectivity index (χ0v) is 11.9. The fourth-order valence-corrected chi connectivity index (χ4v) is 1.69. The standard InChI is InChI=1S/C11H12BrF2NO2.ClH/c1-2-17-11(16)9(14)10(15)6-4-3-5-7(12)8(6)13;/h3-5,9-10H,2,15H2,1H3;1H/t9?,10-;/m0./s1. The molecule has 0 amide bonds. The van der Waals surface area contributed by atoms with Crippen molar-refractivity contribution in [2.24, 2.45) is 5.73 Å². The average Bonchev–Trinajstić information content (AvgIpc) is 2.31. The maximum atomic E-state index is 13.6. The summed E-state index contributed by atoms with van der Waals surface area (Å²) in [6.07, 6.45) is -2.08. The Morgan fingerprint density at radius 2 is 2.17 bits per heavy atom. The summed E-state index contributed by atoms with van der Waals surface area (Å²) in [6, 6.07) is 2.92. The van der Waals surface area contributed by atoms with Crippen LogP contribution in [0.1, 0.15) is 18.5 Å². The van der Waals surface area contributed by atoms with Gasteiger partial charge in [-0.3, -0.25) is 0 Å². The van der Waals surface area contributed by atoms with E-state index in [0.717, 1.165) is 0 Å². The number of nitrogens with two attached hydrogens (primary N) is 1. The molecule has 102 valence electrons. The van der Waals surface area contributed by atoms with Gasteiger partial charge in [-0.25, -0.2) is 13.6 Å². The van der Waals surface area contributed by atoms with Gasteiger partial charge in [-0.1, -0.05) is 12.1 Å². The van der Waals surface area contributed by atoms with Crippen molar-refractivity contribution in [3.8, 4) is 0 Å². The van der Waals surface area contributed by atoms with Crippen LogP contribution in [0.25, 0.3) is 0 Å². The van der Waals surface area contributed by atoms with Crippen LogP contribution in [0.15, 0.2) is 22.7 Å². The molecule has 2 atom stereocenters. The Morgan fingerprint density at radius 3 is 2.72 bits per heavy atom. The lowest BCUT2D eigenvalue weighted by atomic mass is 10.0. The highest BCUT2D eigenvalue weighted by Crippen LogP contribution is 2.25. The first-order chi connectivity index (χ1) is 7.99. The van der Waals surface area contributed by atoms with E-state index in [2.05, 4.69) is 20.7 Å². The third kappa shape index (κ3) is 3.90. The van der Waals surface area contributed by atoms with Crippen LogP contribution in [0, 0.1) is 5.82 Å². The van der Waals surface area contributed by atoms with Crippen molar-refractivity contribution < 1.29 is 18.3 Å². The Morgan fingerprint density at radius 1 is 1.56 bits per heavy atom. The van der Waals surface area contributed by atoms with E-state index in [4.69, 9.17) is 5.73 Å². The predicted octanol–water partition coefficient (Wildman–Crippen LogP) is 2.91. The van der Waals surface area contributed by atoms with Gasteiger partial charge in [-0.15, -0.1) is 12.4 Å². The number of benzene rings is 1. The fraction of sp³-hybridized carbons (Fsp3) is 0.364. The molecule has 1 unspecified atom stereocenters. The third-order valence-corrected chi connectivity index (χ3v) is 2.78. The number of carbonyl (C=O) groups is 1. The van der Waals surface area contributed by atoms with Gasteiger partial charge in [0.05, 0.1) is 17.1 Å². The molecular weight excluding hydrogens is 331 g/mol. The second kappa shape index (κ2) is 7.66. The van der Waals surface area contributed by atoms with Gasteiger partial charge in [0.15, 0.2) is 0 Å². The molecule has 3 nitrogen and oxygen atoms in total. The van der Waals surface area contributed by atoms with Crippen LogP contribution in [0.4, 0.5) is 8.78 Å². The molecule has 0 aliphatic heterocycles. The van der Waals surface area contributed by atoms with Crippen LogP contribution < -0.4 is 5.73 Å². The van der Waals surface area contributed by atoms with Crippen LogP contribution in [0.5, 0.6) is 0 Å². The van der Waals surface area contributed by atoms with Crippen molar-refractivity contribution in [3.63, 3.8) is 0 Å². The number of halogens is 4. The van der Waals surface area contributed by atoms with Crippen LogP contribution in [0.3, 0.4) is 0 Å². The number of carbonyl (C=O) groups excluding carboxylic acids is 1. The molecule has 1 aromatic rings. The van der Waals surface area contributed by atoms with E-state index in [9.17, 15) is 13.6 Å². The molecule has 0 fully saturated rings. The topological polar surface area (TPSA) is 52.3 Å². The first kappa shape index (κ1) is 17.3. The summed E-state index contributed by atoms with van der Waals surface area (Å²) in [5, 5.41) is 0. The van der Waals surface area contributed by atoms with Gasteiger partial charge in [0, 0.05) is 5.56 Å². The van der Waals surface area contributed by atoms with Gasteiger partial charge in [0.1, 0.15) is 5.82 Å². The summed E-state index contributed by atoms with van der Waals surface area (Å²) in [5.41, 5.74) is 5.43. The summed E-state index contributed by atoms with van der Waals surface area (Å²) in [6.45, 7) is 1.60. The minimum atomic E-state index is -2.08. The summed E-state index contributed by atoms with van der Waals surface area (Å²) >= 11 is 2.96. The van der Waals surface area contributed by atoms with Crippen LogP contribution in [-0.2, 0) is 9.53 Å². The Balaban J connectivity index is 0.00000289. The summed E-state index contributed by atoms with van der Waals surface area (Å²) < 4.78 is 31.9. The van der Waals surface area contributed by atoms with E-state index in [-0.39, 0.29) is 29.1 Å². The third-order valence-electron chi connectivity index (χ3n) is 2.17. The quantitative estimate of drug-likeness (QED) is 0.855. The molecule has 0 spiro atoms. The number of hydrogen-bond acceptors (Lipinski definition) is 3. The summed E-state index contributed by atoms with van der Waals surface area (Å²) in [5.74, 6) is -1.76. The molecule has 0 radical (unpaired) electrons. The van der Waals surface area contributed by atoms with Crippen molar-refractivity contribution in [1.82, 2.24) is 0 Å². The number of esters is 1. The number of alkyl halides is 1. The van der Waals surface area contributed by atoms with E-state index in [1.54, 1.807) is 6.92 Å². The molecule has 0 saturated heterocycles. The van der Waals surface area contributed by atoms with Gasteiger partial charge in [0.2, 0.25) is 6.17 Å². The molecule has 0 aromatic heterocycles. The van der Waals surface area contributed by atoms with Gasteiger partial charge in [-0.2, -0.15) is 0 Å². The Bertz CT molecular complexity index is 420. The molecular formula is C11H13BrClF2NO2. The van der Waals surface area contributed by atoms with Gasteiger partial charge < -0.3 is 10.5 Å². The molecule has 0 bridgehead atoms. The molecule has 0 aliphatic carbocycles.